The minimum Gasteiger partial charge on any atom is -0.351 e. The number of pyridine rings is 1. The predicted molar refractivity (Wildman–Crippen MR) is 87.7 cm³/mol. The van der Waals surface area contributed by atoms with Gasteiger partial charge in [-0.25, -0.2) is 0 Å². The van der Waals surface area contributed by atoms with Crippen LogP contribution in [-0.4, -0.2) is 42.0 Å². The largest absolute Gasteiger partial charge is 0.351 e. The normalized spacial score (nSPS) is 14.9. The fourth-order valence-corrected chi connectivity index (χ4v) is 2.78. The molecule has 1 aliphatic heterocycles. The van der Waals surface area contributed by atoms with Crippen LogP contribution in [0.15, 0.2) is 48.8 Å². The van der Waals surface area contributed by atoms with Crippen LogP contribution >= 0.6 is 0 Å². The number of hydrogen-bond donors (Lipinski definition) is 1. The predicted octanol–water partition coefficient (Wildman–Crippen LogP) is 2.57. The number of amides is 1. The monoisotopic (exact) mass is 295 g/mol. The number of nitrogens with zero attached hydrogens (tertiary/aromatic N) is 2. The van der Waals surface area contributed by atoms with Crippen molar-refractivity contribution < 1.29 is 4.79 Å². The maximum Gasteiger partial charge on any atom is 0.251 e. The summed E-state index contributed by atoms with van der Waals surface area (Å²) < 4.78 is 0. The molecule has 0 aliphatic carbocycles. The number of aromatic nitrogens is 1. The van der Waals surface area contributed by atoms with Crippen LogP contribution in [0.5, 0.6) is 0 Å². The summed E-state index contributed by atoms with van der Waals surface area (Å²) in [5.74, 6) is -0.00284. The van der Waals surface area contributed by atoms with Crippen molar-refractivity contribution in [3.05, 3.63) is 54.4 Å². The summed E-state index contributed by atoms with van der Waals surface area (Å²) in [6.45, 7) is 3.98. The van der Waals surface area contributed by atoms with E-state index in [-0.39, 0.29) is 5.91 Å². The molecule has 0 radical (unpaired) electrons. The molecule has 0 atom stereocenters. The Morgan fingerprint density at radius 3 is 2.55 bits per heavy atom. The summed E-state index contributed by atoms with van der Waals surface area (Å²) in [5.41, 5.74) is 2.83. The number of likely N-dealkylation sites (tertiary alicyclic amines) is 1. The third-order valence-electron chi connectivity index (χ3n) is 4.05. The summed E-state index contributed by atoms with van der Waals surface area (Å²) in [6.07, 6.45) is 6.14. The van der Waals surface area contributed by atoms with Crippen LogP contribution in [-0.2, 0) is 0 Å². The lowest BCUT2D eigenvalue weighted by molar-refractivity contribution is 0.0950. The van der Waals surface area contributed by atoms with Crippen molar-refractivity contribution in [2.24, 2.45) is 0 Å². The molecule has 1 fully saturated rings. The first kappa shape index (κ1) is 14.7. The molecule has 0 saturated carbocycles. The van der Waals surface area contributed by atoms with E-state index in [1.54, 1.807) is 6.20 Å². The molecule has 0 spiro atoms. The van der Waals surface area contributed by atoms with Crippen molar-refractivity contribution in [2.75, 3.05) is 26.2 Å². The second-order valence-electron chi connectivity index (χ2n) is 5.62. The molecule has 0 unspecified atom stereocenters. The fourth-order valence-electron chi connectivity index (χ4n) is 2.78. The molecule has 2 aromatic rings. The molecule has 1 aromatic heterocycles. The molecule has 3 rings (SSSR count). The molecule has 1 saturated heterocycles. The van der Waals surface area contributed by atoms with Gasteiger partial charge in [-0.1, -0.05) is 18.2 Å². The Kier molecular flexibility index (Phi) is 4.81. The van der Waals surface area contributed by atoms with Crippen LogP contribution in [0.25, 0.3) is 11.1 Å². The summed E-state index contributed by atoms with van der Waals surface area (Å²) in [7, 11) is 0. The highest BCUT2D eigenvalue weighted by atomic mass is 16.1. The van der Waals surface area contributed by atoms with Gasteiger partial charge in [0, 0.05) is 31.0 Å². The van der Waals surface area contributed by atoms with Gasteiger partial charge in [-0.15, -0.1) is 0 Å². The van der Waals surface area contributed by atoms with Gasteiger partial charge in [0.15, 0.2) is 0 Å². The first-order valence-corrected chi connectivity index (χ1v) is 7.84. The van der Waals surface area contributed by atoms with Crippen molar-refractivity contribution >= 4 is 5.91 Å². The van der Waals surface area contributed by atoms with Gasteiger partial charge >= 0.3 is 0 Å². The molecule has 114 valence electrons. The number of nitrogens with one attached hydrogen (secondary N) is 1. The third kappa shape index (κ3) is 3.71. The molecule has 1 aromatic carbocycles. The van der Waals surface area contributed by atoms with Crippen molar-refractivity contribution in [2.45, 2.75) is 12.8 Å². The van der Waals surface area contributed by atoms with Crippen LogP contribution in [0.2, 0.25) is 0 Å². The SMILES string of the molecule is O=C(NCCN1CCCC1)c1ccc(-c2cccnc2)cc1. The minimum atomic E-state index is -0.00284. The maximum atomic E-state index is 12.1. The number of carbonyl (C=O) groups excluding carboxylic acids is 1. The van der Waals surface area contributed by atoms with Crippen molar-refractivity contribution in [1.29, 1.82) is 0 Å². The van der Waals surface area contributed by atoms with E-state index in [0.717, 1.165) is 30.8 Å². The first-order chi connectivity index (χ1) is 10.8. The summed E-state index contributed by atoms with van der Waals surface area (Å²) in [4.78, 5) is 18.6. The van der Waals surface area contributed by atoms with Crippen molar-refractivity contribution in [3.8, 4) is 11.1 Å². The molecular formula is C18H21N3O. The Balaban J connectivity index is 1.54. The van der Waals surface area contributed by atoms with Gasteiger partial charge in [-0.3, -0.25) is 9.78 Å². The Morgan fingerprint density at radius 1 is 1.09 bits per heavy atom. The average Bonchev–Trinajstić information content (AvgIpc) is 3.09. The second kappa shape index (κ2) is 7.18. The molecule has 2 heterocycles. The van der Waals surface area contributed by atoms with Gasteiger partial charge in [-0.2, -0.15) is 0 Å². The lowest BCUT2D eigenvalue weighted by atomic mass is 10.1. The molecule has 1 aliphatic rings. The quantitative estimate of drug-likeness (QED) is 0.922. The second-order valence-corrected chi connectivity index (χ2v) is 5.62. The van der Waals surface area contributed by atoms with E-state index in [0.29, 0.717) is 12.1 Å². The van der Waals surface area contributed by atoms with Gasteiger partial charge in [0.1, 0.15) is 0 Å². The highest BCUT2D eigenvalue weighted by Crippen LogP contribution is 2.18. The molecule has 0 bridgehead atoms. The zero-order chi connectivity index (χ0) is 15.2. The lowest BCUT2D eigenvalue weighted by Crippen LogP contribution is -2.33. The van der Waals surface area contributed by atoms with E-state index in [4.69, 9.17) is 0 Å². The van der Waals surface area contributed by atoms with Gasteiger partial charge in [0.05, 0.1) is 0 Å². The van der Waals surface area contributed by atoms with Gasteiger partial charge in [-0.05, 0) is 55.3 Å². The molecule has 1 amide bonds. The Labute approximate surface area is 131 Å². The molecule has 22 heavy (non-hydrogen) atoms. The maximum absolute atomic E-state index is 12.1. The fraction of sp³-hybridized carbons (Fsp3) is 0.333. The lowest BCUT2D eigenvalue weighted by Gasteiger charge is -2.14. The van der Waals surface area contributed by atoms with Crippen LogP contribution in [0.3, 0.4) is 0 Å². The molecular weight excluding hydrogens is 274 g/mol. The van der Waals surface area contributed by atoms with E-state index in [2.05, 4.69) is 15.2 Å². The standard InChI is InChI=1S/C18H21N3O/c22-18(20-10-13-21-11-1-2-12-21)16-7-5-15(6-8-16)17-4-3-9-19-14-17/h3-9,14H,1-2,10-13H2,(H,20,22). The van der Waals surface area contributed by atoms with Crippen molar-refractivity contribution in [1.82, 2.24) is 15.2 Å². The van der Waals surface area contributed by atoms with E-state index < -0.39 is 0 Å². The average molecular weight is 295 g/mol. The van der Waals surface area contributed by atoms with Crippen LogP contribution < -0.4 is 5.32 Å². The van der Waals surface area contributed by atoms with E-state index >= 15 is 0 Å². The topological polar surface area (TPSA) is 45.2 Å². The van der Waals surface area contributed by atoms with Gasteiger partial charge < -0.3 is 10.2 Å². The number of hydrogen-bond acceptors (Lipinski definition) is 3. The van der Waals surface area contributed by atoms with E-state index in [1.165, 1.54) is 12.8 Å². The minimum absolute atomic E-state index is 0.00284. The van der Waals surface area contributed by atoms with Crippen molar-refractivity contribution in [3.63, 3.8) is 0 Å². The number of rotatable bonds is 5. The molecule has 4 nitrogen and oxygen atoms in total. The number of benzene rings is 1. The van der Waals surface area contributed by atoms with Gasteiger partial charge in [0.2, 0.25) is 0 Å². The Hall–Kier alpha value is -2.20. The van der Waals surface area contributed by atoms with Crippen LogP contribution in [0.1, 0.15) is 23.2 Å². The molecule has 4 heteroatoms. The summed E-state index contributed by atoms with van der Waals surface area (Å²) >= 11 is 0. The summed E-state index contributed by atoms with van der Waals surface area (Å²) in [6, 6.07) is 11.6. The third-order valence-corrected chi connectivity index (χ3v) is 4.05. The summed E-state index contributed by atoms with van der Waals surface area (Å²) in [5, 5.41) is 2.99. The zero-order valence-electron chi connectivity index (χ0n) is 12.7. The highest BCUT2D eigenvalue weighted by Gasteiger charge is 2.11. The van der Waals surface area contributed by atoms with Crippen LogP contribution in [0.4, 0.5) is 0 Å². The molecule has 1 N–H and O–H groups in total. The van der Waals surface area contributed by atoms with Crippen LogP contribution in [0, 0.1) is 0 Å². The highest BCUT2D eigenvalue weighted by molar-refractivity contribution is 5.94. The zero-order valence-corrected chi connectivity index (χ0v) is 12.7. The Bertz CT molecular complexity index is 604. The number of carbonyl (C=O) groups is 1. The van der Waals surface area contributed by atoms with E-state index in [1.807, 2.05) is 42.6 Å². The smallest absolute Gasteiger partial charge is 0.251 e. The first-order valence-electron chi connectivity index (χ1n) is 7.84. The Morgan fingerprint density at radius 2 is 1.86 bits per heavy atom. The van der Waals surface area contributed by atoms with E-state index in [9.17, 15) is 4.79 Å². The van der Waals surface area contributed by atoms with Gasteiger partial charge in [0.25, 0.3) is 5.91 Å².